The van der Waals surface area contributed by atoms with Crippen molar-refractivity contribution in [1.82, 2.24) is 4.90 Å². The molecule has 1 unspecified atom stereocenters. The number of hydrogen-bond acceptors (Lipinski definition) is 4. The number of rotatable bonds is 5. The maximum Gasteiger partial charge on any atom is 0.329 e. The number of ether oxygens (including phenoxy) is 1. The lowest BCUT2D eigenvalue weighted by molar-refractivity contribution is -0.144. The van der Waals surface area contributed by atoms with Crippen molar-refractivity contribution in [2.24, 2.45) is 0 Å². The fraction of sp³-hybridized carbons (Fsp3) is 0.474. The van der Waals surface area contributed by atoms with Gasteiger partial charge in [0.2, 0.25) is 5.91 Å². The number of esters is 1. The first-order valence-corrected chi connectivity index (χ1v) is 8.51. The van der Waals surface area contributed by atoms with Gasteiger partial charge in [0.05, 0.1) is 6.61 Å². The van der Waals surface area contributed by atoms with Gasteiger partial charge < -0.3 is 14.5 Å². The van der Waals surface area contributed by atoms with Crippen LogP contribution < -0.4 is 4.90 Å². The van der Waals surface area contributed by atoms with E-state index in [0.717, 1.165) is 16.8 Å². The molecule has 0 saturated heterocycles. The van der Waals surface area contributed by atoms with Crippen LogP contribution in [0.15, 0.2) is 30.3 Å². The number of amides is 1. The predicted molar refractivity (Wildman–Crippen MR) is 95.8 cm³/mol. The first kappa shape index (κ1) is 18.0. The van der Waals surface area contributed by atoms with E-state index in [1.807, 2.05) is 50.1 Å². The third kappa shape index (κ3) is 3.61. The minimum Gasteiger partial charge on any atom is -0.464 e. The Kier molecular flexibility index (Phi) is 6.01. The molecule has 0 bridgehead atoms. The lowest BCUT2D eigenvalue weighted by Gasteiger charge is -2.35. The second-order valence-electron chi connectivity index (χ2n) is 5.78. The van der Waals surface area contributed by atoms with Crippen molar-refractivity contribution in [3.8, 4) is 0 Å². The number of carbonyl (C=O) groups excluding carboxylic acids is 2. The molecular formula is C19H26N2O3. The van der Waals surface area contributed by atoms with Crippen LogP contribution in [-0.4, -0.2) is 49.6 Å². The van der Waals surface area contributed by atoms with Crippen molar-refractivity contribution >= 4 is 23.1 Å². The Morgan fingerprint density at radius 1 is 1.25 bits per heavy atom. The molecule has 1 aliphatic rings. The maximum atomic E-state index is 12.5. The Morgan fingerprint density at radius 2 is 1.92 bits per heavy atom. The van der Waals surface area contributed by atoms with Gasteiger partial charge in [-0.05, 0) is 32.4 Å². The molecule has 130 valence electrons. The van der Waals surface area contributed by atoms with Crippen LogP contribution in [0.25, 0.3) is 5.57 Å². The summed E-state index contributed by atoms with van der Waals surface area (Å²) in [6.45, 7) is 7.41. The Balaban J connectivity index is 2.41. The Labute approximate surface area is 143 Å². The lowest BCUT2D eigenvalue weighted by Crippen LogP contribution is -2.43. The highest BCUT2D eigenvalue weighted by Crippen LogP contribution is 2.37. The molecule has 1 amide bonds. The molecule has 2 rings (SSSR count). The average molecular weight is 330 g/mol. The summed E-state index contributed by atoms with van der Waals surface area (Å²) in [5.74, 6) is -0.271. The van der Waals surface area contributed by atoms with Crippen LogP contribution in [0.4, 0.5) is 5.69 Å². The smallest absolute Gasteiger partial charge is 0.329 e. The molecule has 0 aliphatic carbocycles. The van der Waals surface area contributed by atoms with Crippen LogP contribution in [0.2, 0.25) is 0 Å². The molecule has 0 N–H and O–H groups in total. The topological polar surface area (TPSA) is 49.9 Å². The number of para-hydroxylation sites is 1. The van der Waals surface area contributed by atoms with Crippen molar-refractivity contribution in [1.29, 1.82) is 0 Å². The minimum absolute atomic E-state index is 0.0167. The van der Waals surface area contributed by atoms with E-state index >= 15 is 0 Å². The molecule has 0 spiro atoms. The molecule has 1 aliphatic heterocycles. The van der Waals surface area contributed by atoms with E-state index in [1.165, 1.54) is 0 Å². The number of nitrogens with zero attached hydrogens (tertiary/aromatic N) is 2. The van der Waals surface area contributed by atoms with Gasteiger partial charge in [0.15, 0.2) is 0 Å². The number of carbonyl (C=O) groups is 2. The average Bonchev–Trinajstić information content (AvgIpc) is 2.58. The van der Waals surface area contributed by atoms with Gasteiger partial charge >= 0.3 is 5.97 Å². The SMILES string of the molecule is CCOC(=O)C1C/C(=C\C(=O)N(CC)CC)c2ccccc2N1C. The third-order valence-electron chi connectivity index (χ3n) is 4.44. The van der Waals surface area contributed by atoms with Crippen LogP contribution in [0.1, 0.15) is 32.8 Å². The molecule has 0 fully saturated rings. The standard InChI is InChI=1S/C19H26N2O3/c1-5-21(6-2)18(22)13-14-12-17(19(23)24-7-3)20(4)16-11-9-8-10-15(14)16/h8-11,13,17H,5-7,12H2,1-4H3/b14-13+. The predicted octanol–water partition coefficient (Wildman–Crippen LogP) is 2.71. The molecule has 0 saturated carbocycles. The Hall–Kier alpha value is -2.30. The van der Waals surface area contributed by atoms with Gasteiger partial charge in [0.25, 0.3) is 0 Å². The van der Waals surface area contributed by atoms with E-state index < -0.39 is 6.04 Å². The van der Waals surface area contributed by atoms with Gasteiger partial charge in [0.1, 0.15) is 6.04 Å². The lowest BCUT2D eigenvalue weighted by atomic mass is 9.90. The van der Waals surface area contributed by atoms with Crippen LogP contribution >= 0.6 is 0 Å². The van der Waals surface area contributed by atoms with E-state index in [4.69, 9.17) is 4.74 Å². The van der Waals surface area contributed by atoms with E-state index in [0.29, 0.717) is 26.1 Å². The van der Waals surface area contributed by atoms with Crippen molar-refractivity contribution in [2.75, 3.05) is 31.6 Å². The fourth-order valence-electron chi connectivity index (χ4n) is 3.07. The molecular weight excluding hydrogens is 304 g/mol. The molecule has 0 radical (unpaired) electrons. The van der Waals surface area contributed by atoms with Crippen molar-refractivity contribution in [3.63, 3.8) is 0 Å². The van der Waals surface area contributed by atoms with Gasteiger partial charge in [-0.25, -0.2) is 4.79 Å². The summed E-state index contributed by atoms with van der Waals surface area (Å²) in [6, 6.07) is 7.45. The zero-order valence-electron chi connectivity index (χ0n) is 14.9. The quantitative estimate of drug-likeness (QED) is 0.615. The monoisotopic (exact) mass is 330 g/mol. The molecule has 0 aromatic heterocycles. The number of fused-ring (bicyclic) bond motifs is 1. The molecule has 1 aromatic carbocycles. The summed E-state index contributed by atoms with van der Waals surface area (Å²) in [7, 11) is 1.89. The fourth-order valence-corrected chi connectivity index (χ4v) is 3.07. The van der Waals surface area contributed by atoms with E-state index in [2.05, 4.69) is 0 Å². The van der Waals surface area contributed by atoms with Crippen LogP contribution in [0.3, 0.4) is 0 Å². The molecule has 1 aromatic rings. The van der Waals surface area contributed by atoms with Crippen molar-refractivity contribution < 1.29 is 14.3 Å². The van der Waals surface area contributed by atoms with Crippen LogP contribution in [-0.2, 0) is 14.3 Å². The second kappa shape index (κ2) is 7.99. The summed E-state index contributed by atoms with van der Waals surface area (Å²) in [4.78, 5) is 28.5. The Bertz CT molecular complexity index is 635. The van der Waals surface area contributed by atoms with E-state index in [1.54, 1.807) is 17.9 Å². The highest BCUT2D eigenvalue weighted by molar-refractivity contribution is 5.99. The van der Waals surface area contributed by atoms with Crippen molar-refractivity contribution in [2.45, 2.75) is 33.2 Å². The molecule has 1 atom stereocenters. The van der Waals surface area contributed by atoms with E-state index in [9.17, 15) is 9.59 Å². The van der Waals surface area contributed by atoms with Crippen LogP contribution in [0, 0.1) is 0 Å². The van der Waals surface area contributed by atoms with Gasteiger partial charge in [-0.15, -0.1) is 0 Å². The molecule has 1 heterocycles. The van der Waals surface area contributed by atoms with E-state index in [-0.39, 0.29) is 11.9 Å². The number of likely N-dealkylation sites (N-methyl/N-ethyl adjacent to an activating group) is 2. The van der Waals surface area contributed by atoms with Gasteiger partial charge in [-0.1, -0.05) is 18.2 Å². The highest BCUT2D eigenvalue weighted by Gasteiger charge is 2.33. The van der Waals surface area contributed by atoms with Gasteiger partial charge in [-0.2, -0.15) is 0 Å². The summed E-state index contributed by atoms with van der Waals surface area (Å²) < 4.78 is 5.21. The Morgan fingerprint density at radius 3 is 2.54 bits per heavy atom. The number of benzene rings is 1. The largest absolute Gasteiger partial charge is 0.464 e. The van der Waals surface area contributed by atoms with Gasteiger partial charge in [-0.3, -0.25) is 4.79 Å². The van der Waals surface area contributed by atoms with Crippen molar-refractivity contribution in [3.05, 3.63) is 35.9 Å². The molecule has 5 heteroatoms. The summed E-state index contributed by atoms with van der Waals surface area (Å²) >= 11 is 0. The summed E-state index contributed by atoms with van der Waals surface area (Å²) in [6.07, 6.45) is 2.14. The van der Waals surface area contributed by atoms with Crippen LogP contribution in [0.5, 0.6) is 0 Å². The first-order valence-electron chi connectivity index (χ1n) is 8.51. The molecule has 5 nitrogen and oxygen atoms in total. The zero-order chi connectivity index (χ0) is 17.7. The highest BCUT2D eigenvalue weighted by atomic mass is 16.5. The number of hydrogen-bond donors (Lipinski definition) is 0. The maximum absolute atomic E-state index is 12.5. The first-order chi connectivity index (χ1) is 11.5. The zero-order valence-corrected chi connectivity index (χ0v) is 14.9. The molecule has 24 heavy (non-hydrogen) atoms. The normalized spacial score (nSPS) is 18.2. The summed E-state index contributed by atoms with van der Waals surface area (Å²) in [5, 5.41) is 0. The minimum atomic E-state index is -0.407. The summed E-state index contributed by atoms with van der Waals surface area (Å²) in [5.41, 5.74) is 2.83. The van der Waals surface area contributed by atoms with Gasteiger partial charge in [0, 0.05) is 43.9 Å². The third-order valence-corrected chi connectivity index (χ3v) is 4.44. The number of anilines is 1. The second-order valence-corrected chi connectivity index (χ2v) is 5.78.